The summed E-state index contributed by atoms with van der Waals surface area (Å²) < 4.78 is 6.38. The third-order valence-corrected chi connectivity index (χ3v) is 14.3. The lowest BCUT2D eigenvalue weighted by Crippen LogP contribution is -2.26. The SMILES string of the molecule is C.C.C.C.CC(C)(C)Oc1cc(CN(Cc2ccccn2)Cc2ccccn2)c(O)c(CN(Cc2ccccn2)Cc2ccccn2)c1.CC(C)(C)c1cc(CN(Cc2ccccn2)Cc2ccccn2)c(O)c(CN(Cc2ccccn2)Cc2ccccn2)c1. The summed E-state index contributed by atoms with van der Waals surface area (Å²) in [6.45, 7) is 19.7. The molecule has 478 valence electrons. The van der Waals surface area contributed by atoms with E-state index in [-0.39, 0.29) is 40.9 Å². The predicted molar refractivity (Wildman–Crippen MR) is 368 cm³/mol. The van der Waals surface area contributed by atoms with Crippen LogP contribution in [0, 0.1) is 0 Å². The number of phenols is 2. The number of nitrogens with zero attached hydrogens (tertiary/aromatic N) is 12. The first-order chi connectivity index (χ1) is 42.1. The van der Waals surface area contributed by atoms with Gasteiger partial charge >= 0.3 is 0 Å². The molecule has 0 aliphatic heterocycles. The molecule has 0 atom stereocenters. The van der Waals surface area contributed by atoms with Gasteiger partial charge in [-0.15, -0.1) is 0 Å². The lowest BCUT2D eigenvalue weighted by Gasteiger charge is -2.28. The number of aromatic hydroxyl groups is 2. The van der Waals surface area contributed by atoms with Crippen molar-refractivity contribution in [1.82, 2.24) is 59.5 Å². The third-order valence-electron chi connectivity index (χ3n) is 14.3. The van der Waals surface area contributed by atoms with Crippen LogP contribution >= 0.6 is 0 Å². The summed E-state index contributed by atoms with van der Waals surface area (Å²) in [5.41, 5.74) is 11.7. The standard InChI is InChI=1S/C36H40N6O2.C36H40N6O.4CH4/c1-36(2,3)44-34-20-28(22-41(24-30-12-4-8-16-37-30)25-31-13-5-9-17-38-31)35(43)29(21-34)23-42(26-32-14-6-10-18-39-32)27-33-15-7-11-19-40-33;1-36(2,3)30-20-28(22-41(24-31-12-4-8-16-37-31)25-32-13-5-9-17-38-32)35(43)29(21-30)23-42(26-33-14-6-10-18-39-33)27-34-15-7-11-19-40-34;;;;/h4-21,43H,22-27H2,1-3H3;4-21,43H,22-27H2,1-3H3;4*1H4. The zero-order chi connectivity index (χ0) is 60.9. The second kappa shape index (κ2) is 35.9. The minimum atomic E-state index is -0.408. The fourth-order valence-corrected chi connectivity index (χ4v) is 10.2. The van der Waals surface area contributed by atoms with Gasteiger partial charge in [-0.2, -0.15) is 0 Å². The first-order valence-corrected chi connectivity index (χ1v) is 29.6. The highest BCUT2D eigenvalue weighted by atomic mass is 16.5. The van der Waals surface area contributed by atoms with E-state index in [4.69, 9.17) is 4.74 Å². The zero-order valence-corrected chi connectivity index (χ0v) is 50.9. The van der Waals surface area contributed by atoms with Crippen LogP contribution in [0.25, 0.3) is 0 Å². The molecule has 0 aliphatic carbocycles. The number of pyridine rings is 8. The maximum absolute atomic E-state index is 11.8. The quantitative estimate of drug-likeness (QED) is 0.0555. The molecule has 0 unspecified atom stereocenters. The molecule has 0 spiro atoms. The highest BCUT2D eigenvalue weighted by Crippen LogP contribution is 2.36. The van der Waals surface area contributed by atoms with Crippen molar-refractivity contribution >= 4 is 0 Å². The molecule has 0 saturated carbocycles. The minimum Gasteiger partial charge on any atom is -0.507 e. The molecule has 0 aliphatic rings. The van der Waals surface area contributed by atoms with Gasteiger partial charge in [-0.05, 0) is 141 Å². The Balaban J connectivity index is 0.000000317. The Kier molecular flexibility index (Phi) is 28.7. The largest absolute Gasteiger partial charge is 0.507 e. The Morgan fingerprint density at radius 2 is 0.495 bits per heavy atom. The summed E-state index contributed by atoms with van der Waals surface area (Å²) in [5, 5.41) is 23.6. The van der Waals surface area contributed by atoms with Crippen LogP contribution in [0.4, 0.5) is 0 Å². The van der Waals surface area contributed by atoms with E-state index in [2.05, 4.69) is 92.4 Å². The molecule has 15 nitrogen and oxygen atoms in total. The van der Waals surface area contributed by atoms with E-state index in [1.165, 1.54) is 5.56 Å². The van der Waals surface area contributed by atoms with Crippen LogP contribution in [0.15, 0.2) is 219 Å². The van der Waals surface area contributed by atoms with Gasteiger partial charge in [0.15, 0.2) is 0 Å². The maximum Gasteiger partial charge on any atom is 0.124 e. The van der Waals surface area contributed by atoms with Crippen LogP contribution in [0.1, 0.15) is 145 Å². The van der Waals surface area contributed by atoms with E-state index in [0.29, 0.717) is 90.0 Å². The number of phenolic OH excluding ortho intramolecular Hbond substituents is 2. The Hall–Kier alpha value is -9.12. The van der Waals surface area contributed by atoms with Crippen LogP contribution in [0.2, 0.25) is 0 Å². The van der Waals surface area contributed by atoms with Gasteiger partial charge in [0.2, 0.25) is 0 Å². The second-order valence-corrected chi connectivity index (χ2v) is 23.8. The van der Waals surface area contributed by atoms with Crippen molar-refractivity contribution in [2.45, 2.75) is 161 Å². The predicted octanol–water partition coefficient (Wildman–Crippen LogP) is 15.8. The first-order valence-electron chi connectivity index (χ1n) is 29.6. The molecule has 10 aromatic rings. The molecule has 0 saturated heterocycles. The molecular formula is C76H96N12O3. The zero-order valence-electron chi connectivity index (χ0n) is 50.9. The van der Waals surface area contributed by atoms with Crippen molar-refractivity contribution in [2.24, 2.45) is 0 Å². The van der Waals surface area contributed by atoms with Gasteiger partial charge in [-0.3, -0.25) is 59.5 Å². The highest BCUT2D eigenvalue weighted by molar-refractivity contribution is 5.48. The number of hydrogen-bond donors (Lipinski definition) is 2. The normalized spacial score (nSPS) is 11.2. The Morgan fingerprint density at radius 3 is 0.659 bits per heavy atom. The molecular weight excluding hydrogens is 1130 g/mol. The van der Waals surface area contributed by atoms with E-state index in [9.17, 15) is 10.2 Å². The van der Waals surface area contributed by atoms with Gasteiger partial charge in [0.1, 0.15) is 22.8 Å². The minimum absolute atomic E-state index is 0. The average Bonchev–Trinajstić information content (AvgIpc) is 0.914. The Morgan fingerprint density at radius 1 is 0.297 bits per heavy atom. The van der Waals surface area contributed by atoms with Crippen LogP contribution in [-0.2, 0) is 84.0 Å². The molecule has 15 heteroatoms. The monoisotopic (exact) mass is 1220 g/mol. The van der Waals surface area contributed by atoms with Crippen molar-refractivity contribution in [1.29, 1.82) is 0 Å². The van der Waals surface area contributed by atoms with Crippen molar-refractivity contribution in [3.63, 3.8) is 0 Å². The van der Waals surface area contributed by atoms with Crippen LogP contribution in [0.5, 0.6) is 17.2 Å². The fourth-order valence-electron chi connectivity index (χ4n) is 10.2. The summed E-state index contributed by atoms with van der Waals surface area (Å²) in [6, 6.07) is 55.8. The molecule has 10 rings (SSSR count). The fraction of sp³-hybridized carbons (Fsp3) is 0.316. The maximum atomic E-state index is 11.8. The lowest BCUT2D eigenvalue weighted by molar-refractivity contribution is 0.130. The molecule has 0 radical (unpaired) electrons. The van der Waals surface area contributed by atoms with E-state index in [1.807, 2.05) is 203 Å². The van der Waals surface area contributed by atoms with Gasteiger partial charge in [0.05, 0.1) is 45.6 Å². The number of benzene rings is 2. The van der Waals surface area contributed by atoms with Crippen molar-refractivity contribution < 1.29 is 14.9 Å². The summed E-state index contributed by atoms with van der Waals surface area (Å²) in [4.78, 5) is 45.6. The van der Waals surface area contributed by atoms with E-state index >= 15 is 0 Å². The van der Waals surface area contributed by atoms with Gasteiger partial charge in [0.25, 0.3) is 0 Å². The van der Waals surface area contributed by atoms with Gasteiger partial charge < -0.3 is 14.9 Å². The van der Waals surface area contributed by atoms with Crippen molar-refractivity contribution in [2.75, 3.05) is 0 Å². The highest BCUT2D eigenvalue weighted by Gasteiger charge is 2.24. The summed E-state index contributed by atoms with van der Waals surface area (Å²) >= 11 is 0. The Bertz CT molecular complexity index is 3240. The third kappa shape index (κ3) is 23.6. The van der Waals surface area contributed by atoms with Crippen molar-refractivity contribution in [3.05, 3.63) is 293 Å². The molecule has 8 heterocycles. The van der Waals surface area contributed by atoms with E-state index in [1.54, 1.807) is 24.8 Å². The van der Waals surface area contributed by atoms with Gasteiger partial charge in [-0.1, -0.05) is 111 Å². The van der Waals surface area contributed by atoms with E-state index in [0.717, 1.165) is 67.8 Å². The van der Waals surface area contributed by atoms with Crippen molar-refractivity contribution in [3.8, 4) is 17.2 Å². The average molecular weight is 1230 g/mol. The summed E-state index contributed by atoms with van der Waals surface area (Å²) in [6.07, 6.45) is 14.5. The van der Waals surface area contributed by atoms with E-state index < -0.39 is 5.60 Å². The molecule has 8 aromatic heterocycles. The van der Waals surface area contributed by atoms with Crippen LogP contribution in [-0.4, -0.2) is 75.3 Å². The summed E-state index contributed by atoms with van der Waals surface area (Å²) in [5.74, 6) is 1.30. The number of ether oxygens (including phenoxy) is 1. The summed E-state index contributed by atoms with van der Waals surface area (Å²) in [7, 11) is 0. The van der Waals surface area contributed by atoms with Crippen LogP contribution < -0.4 is 4.74 Å². The molecule has 2 aromatic carbocycles. The lowest BCUT2D eigenvalue weighted by atomic mass is 9.84. The van der Waals surface area contributed by atoms with Gasteiger partial charge in [0, 0.05) is 150 Å². The number of hydrogen-bond acceptors (Lipinski definition) is 15. The smallest absolute Gasteiger partial charge is 0.124 e. The molecule has 0 bridgehead atoms. The number of rotatable bonds is 25. The molecule has 0 amide bonds. The molecule has 2 N–H and O–H groups in total. The first kappa shape index (κ1) is 72.6. The second-order valence-electron chi connectivity index (χ2n) is 23.8. The Labute approximate surface area is 542 Å². The van der Waals surface area contributed by atoms with Gasteiger partial charge in [-0.25, -0.2) is 0 Å². The molecule has 91 heavy (non-hydrogen) atoms. The number of aromatic nitrogens is 8. The molecule has 0 fully saturated rings. The van der Waals surface area contributed by atoms with Crippen LogP contribution in [0.3, 0.4) is 0 Å². The topological polar surface area (TPSA) is 166 Å².